The lowest BCUT2D eigenvalue weighted by atomic mass is 9.98. The summed E-state index contributed by atoms with van der Waals surface area (Å²) in [5.41, 5.74) is 5.42. The lowest BCUT2D eigenvalue weighted by molar-refractivity contribution is 0.0872. The highest BCUT2D eigenvalue weighted by molar-refractivity contribution is 6.16. The summed E-state index contributed by atoms with van der Waals surface area (Å²) in [6.07, 6.45) is 1.70. The van der Waals surface area contributed by atoms with Crippen molar-refractivity contribution in [2.45, 2.75) is 26.9 Å². The van der Waals surface area contributed by atoms with E-state index in [-0.39, 0.29) is 11.5 Å². The molecule has 2 heterocycles. The van der Waals surface area contributed by atoms with Crippen LogP contribution in [0.25, 0.3) is 6.08 Å². The molecule has 3 aromatic carbocycles. The van der Waals surface area contributed by atoms with Gasteiger partial charge in [0, 0.05) is 13.1 Å². The molecule has 7 heteroatoms. The van der Waals surface area contributed by atoms with Gasteiger partial charge in [-0.25, -0.2) is 0 Å². The summed E-state index contributed by atoms with van der Waals surface area (Å²) in [6, 6.07) is 14.0. The van der Waals surface area contributed by atoms with Gasteiger partial charge in [-0.15, -0.1) is 0 Å². The first-order valence-electron chi connectivity index (χ1n) is 11.7. The average molecular weight is 488 g/mol. The third kappa shape index (κ3) is 4.27. The van der Waals surface area contributed by atoms with Gasteiger partial charge in [0.15, 0.2) is 17.3 Å². The van der Waals surface area contributed by atoms with Crippen LogP contribution in [-0.2, 0) is 13.1 Å². The molecule has 0 saturated carbocycles. The molecule has 0 fully saturated rings. The molecule has 0 amide bonds. The van der Waals surface area contributed by atoms with Gasteiger partial charge >= 0.3 is 0 Å². The minimum absolute atomic E-state index is 0.158. The summed E-state index contributed by atoms with van der Waals surface area (Å²) in [4.78, 5) is 15.6. The second-order valence-corrected chi connectivity index (χ2v) is 9.02. The number of ether oxygens (including phenoxy) is 5. The zero-order chi connectivity index (χ0) is 25.4. The molecule has 0 bridgehead atoms. The number of hydrogen-bond acceptors (Lipinski definition) is 7. The fourth-order valence-electron chi connectivity index (χ4n) is 4.67. The topological polar surface area (TPSA) is 66.5 Å². The number of carbonyl (C=O) groups is 1. The monoisotopic (exact) mass is 487 g/mol. The van der Waals surface area contributed by atoms with Crippen molar-refractivity contribution in [1.82, 2.24) is 4.90 Å². The molecule has 0 radical (unpaired) electrons. The van der Waals surface area contributed by atoms with Gasteiger partial charge in [0.2, 0.25) is 11.5 Å². The Hall–Kier alpha value is -3.97. The van der Waals surface area contributed by atoms with Crippen LogP contribution < -0.4 is 23.7 Å². The standard InChI is InChI=1S/C29H29NO6/c1-17-6-8-19(9-7-17)14-30-15-21-22(35-16-30)10-18(2)26-27(31)23(36-28(21)26)11-20-12-24(32-3)29(34-5)25(13-20)33-4/h6-13H,14-16H2,1-5H3/b23-11-. The normalized spacial score (nSPS) is 15.7. The Labute approximate surface area is 210 Å². The maximum Gasteiger partial charge on any atom is 0.232 e. The van der Waals surface area contributed by atoms with Crippen LogP contribution >= 0.6 is 0 Å². The van der Waals surface area contributed by atoms with Crippen LogP contribution in [0.1, 0.15) is 38.2 Å². The molecular formula is C29H29NO6. The lowest BCUT2D eigenvalue weighted by Crippen LogP contribution is -2.31. The predicted molar refractivity (Wildman–Crippen MR) is 136 cm³/mol. The molecule has 0 saturated heterocycles. The second kappa shape index (κ2) is 9.59. The van der Waals surface area contributed by atoms with E-state index >= 15 is 0 Å². The van der Waals surface area contributed by atoms with E-state index in [1.165, 1.54) is 11.1 Å². The largest absolute Gasteiger partial charge is 0.493 e. The zero-order valence-corrected chi connectivity index (χ0v) is 21.1. The van der Waals surface area contributed by atoms with E-state index in [1.54, 1.807) is 39.5 Å². The van der Waals surface area contributed by atoms with E-state index in [2.05, 4.69) is 36.1 Å². The summed E-state index contributed by atoms with van der Waals surface area (Å²) < 4.78 is 28.6. The fourth-order valence-corrected chi connectivity index (χ4v) is 4.67. The second-order valence-electron chi connectivity index (χ2n) is 9.02. The molecule has 7 nitrogen and oxygen atoms in total. The van der Waals surface area contributed by atoms with E-state index in [0.717, 1.165) is 23.4 Å². The number of hydrogen-bond donors (Lipinski definition) is 0. The van der Waals surface area contributed by atoms with E-state index in [4.69, 9.17) is 23.7 Å². The number of rotatable bonds is 6. The van der Waals surface area contributed by atoms with Crippen LogP contribution in [0, 0.1) is 13.8 Å². The minimum Gasteiger partial charge on any atom is -0.493 e. The number of benzene rings is 3. The van der Waals surface area contributed by atoms with Gasteiger partial charge in [-0.3, -0.25) is 9.69 Å². The van der Waals surface area contributed by atoms with Crippen LogP contribution in [0.15, 0.2) is 48.2 Å². The van der Waals surface area contributed by atoms with Crippen molar-refractivity contribution in [2.24, 2.45) is 0 Å². The molecule has 5 rings (SSSR count). The van der Waals surface area contributed by atoms with E-state index < -0.39 is 0 Å². The highest BCUT2D eigenvalue weighted by Crippen LogP contribution is 2.45. The molecule has 0 aromatic heterocycles. The molecule has 0 unspecified atom stereocenters. The highest BCUT2D eigenvalue weighted by atomic mass is 16.5. The van der Waals surface area contributed by atoms with Gasteiger partial charge in [0.05, 0.1) is 32.5 Å². The number of aryl methyl sites for hydroxylation is 2. The molecule has 2 aliphatic heterocycles. The number of allylic oxidation sites excluding steroid dienone is 1. The van der Waals surface area contributed by atoms with Crippen molar-refractivity contribution < 1.29 is 28.5 Å². The first kappa shape index (κ1) is 23.8. The van der Waals surface area contributed by atoms with E-state index in [9.17, 15) is 4.79 Å². The quantitative estimate of drug-likeness (QED) is 0.437. The predicted octanol–water partition coefficient (Wildman–Crippen LogP) is 5.30. The summed E-state index contributed by atoms with van der Waals surface area (Å²) in [7, 11) is 4.66. The van der Waals surface area contributed by atoms with Gasteiger partial charge in [0.25, 0.3) is 0 Å². The smallest absolute Gasteiger partial charge is 0.232 e. The van der Waals surface area contributed by atoms with Crippen molar-refractivity contribution in [3.8, 4) is 28.7 Å². The Bertz CT molecular complexity index is 1330. The van der Waals surface area contributed by atoms with Gasteiger partial charge in [-0.1, -0.05) is 29.8 Å². The highest BCUT2D eigenvalue weighted by Gasteiger charge is 2.35. The van der Waals surface area contributed by atoms with E-state index in [1.807, 2.05) is 13.0 Å². The van der Waals surface area contributed by atoms with Crippen LogP contribution in [0.2, 0.25) is 0 Å². The maximum atomic E-state index is 13.4. The van der Waals surface area contributed by atoms with Crippen molar-refractivity contribution in [2.75, 3.05) is 28.1 Å². The van der Waals surface area contributed by atoms with Gasteiger partial charge in [-0.05, 0) is 54.8 Å². The van der Waals surface area contributed by atoms with Gasteiger partial charge in [0.1, 0.15) is 18.2 Å². The Balaban J connectivity index is 1.47. The number of methoxy groups -OCH3 is 3. The minimum atomic E-state index is -0.158. The SMILES string of the molecule is COc1cc(/C=C2\Oc3c4c(cc(C)c3C2=O)OCN(Cc2ccc(C)cc2)C4)cc(OC)c1OC. The molecule has 0 spiro atoms. The van der Waals surface area contributed by atoms with Gasteiger partial charge < -0.3 is 23.7 Å². The number of Topliss-reactive ketones (excluding diaryl/α,β-unsaturated/α-hetero) is 1. The molecule has 3 aromatic rings. The summed E-state index contributed by atoms with van der Waals surface area (Å²) in [6.45, 7) is 5.82. The van der Waals surface area contributed by atoms with Crippen molar-refractivity contribution in [1.29, 1.82) is 0 Å². The Morgan fingerprint density at radius 1 is 0.972 bits per heavy atom. The number of fused-ring (bicyclic) bond motifs is 3. The van der Waals surface area contributed by atoms with Crippen LogP contribution in [0.4, 0.5) is 0 Å². The summed E-state index contributed by atoms with van der Waals surface area (Å²) in [5, 5.41) is 0. The summed E-state index contributed by atoms with van der Waals surface area (Å²) >= 11 is 0. The van der Waals surface area contributed by atoms with Crippen LogP contribution in [0.3, 0.4) is 0 Å². The molecule has 36 heavy (non-hydrogen) atoms. The molecular weight excluding hydrogens is 458 g/mol. The zero-order valence-electron chi connectivity index (χ0n) is 21.1. The third-order valence-electron chi connectivity index (χ3n) is 6.50. The first-order chi connectivity index (χ1) is 17.4. The van der Waals surface area contributed by atoms with Crippen LogP contribution in [0.5, 0.6) is 28.7 Å². The molecule has 0 atom stereocenters. The Morgan fingerprint density at radius 3 is 2.31 bits per heavy atom. The average Bonchev–Trinajstić information content (AvgIpc) is 3.21. The van der Waals surface area contributed by atoms with E-state index in [0.29, 0.717) is 47.4 Å². The first-order valence-corrected chi connectivity index (χ1v) is 11.7. The molecule has 0 aliphatic carbocycles. The Morgan fingerprint density at radius 2 is 1.67 bits per heavy atom. The third-order valence-corrected chi connectivity index (χ3v) is 6.50. The van der Waals surface area contributed by atoms with Crippen molar-refractivity contribution >= 4 is 11.9 Å². The number of carbonyl (C=O) groups excluding carboxylic acids is 1. The summed E-state index contributed by atoms with van der Waals surface area (Å²) in [5.74, 6) is 2.90. The Kier molecular flexibility index (Phi) is 6.33. The maximum absolute atomic E-state index is 13.4. The fraction of sp³-hybridized carbons (Fsp3) is 0.276. The molecule has 0 N–H and O–H groups in total. The lowest BCUT2D eigenvalue weighted by Gasteiger charge is -2.30. The number of nitrogens with zero attached hydrogens (tertiary/aromatic N) is 1. The van der Waals surface area contributed by atoms with Crippen LogP contribution in [-0.4, -0.2) is 38.7 Å². The van der Waals surface area contributed by atoms with Crippen molar-refractivity contribution in [3.63, 3.8) is 0 Å². The van der Waals surface area contributed by atoms with Gasteiger partial charge in [-0.2, -0.15) is 0 Å². The number of ketones is 1. The molecule has 186 valence electrons. The molecule has 2 aliphatic rings. The van der Waals surface area contributed by atoms with Crippen molar-refractivity contribution in [3.05, 3.63) is 81.6 Å².